The molecule has 0 spiro atoms. The van der Waals surface area contributed by atoms with Crippen LogP contribution in [0, 0.1) is 0 Å². The second-order valence-electron chi connectivity index (χ2n) is 4.98. The van der Waals surface area contributed by atoms with Gasteiger partial charge in [0.05, 0.1) is 0 Å². The monoisotopic (exact) mass is 206 g/mol. The zero-order chi connectivity index (χ0) is 9.71. The molecule has 1 heteroatoms. The van der Waals surface area contributed by atoms with E-state index in [4.69, 9.17) is 0 Å². The zero-order valence-electron chi connectivity index (χ0n) is 9.05. The molecular weight excluding hydrogens is 188 g/mol. The van der Waals surface area contributed by atoms with Crippen LogP contribution in [0.3, 0.4) is 0 Å². The minimum Gasteiger partial charge on any atom is -0.145 e. The Labute approximate surface area is 90.3 Å². The lowest BCUT2D eigenvalue weighted by Gasteiger charge is -2.07. The molecule has 0 N–H and O–H groups in total. The Morgan fingerprint density at radius 2 is 2.21 bits per heavy atom. The van der Waals surface area contributed by atoms with Crippen LogP contribution in [0.15, 0.2) is 6.07 Å². The summed E-state index contributed by atoms with van der Waals surface area (Å²) in [4.78, 5) is 3.41. The molecule has 14 heavy (non-hydrogen) atoms. The van der Waals surface area contributed by atoms with Crippen LogP contribution in [-0.2, 0) is 0 Å². The van der Waals surface area contributed by atoms with Gasteiger partial charge in [0.2, 0.25) is 0 Å². The molecule has 3 unspecified atom stereocenters. The Morgan fingerprint density at radius 3 is 2.93 bits per heavy atom. The van der Waals surface area contributed by atoms with E-state index in [-0.39, 0.29) is 0 Å². The number of thiophene rings is 1. The summed E-state index contributed by atoms with van der Waals surface area (Å²) >= 11 is 2.12. The minimum atomic E-state index is 0.782. The Balaban J connectivity index is 1.98. The average molecular weight is 206 g/mol. The van der Waals surface area contributed by atoms with Crippen molar-refractivity contribution in [2.45, 2.75) is 57.3 Å². The van der Waals surface area contributed by atoms with Gasteiger partial charge in [-0.15, -0.1) is 11.3 Å². The van der Waals surface area contributed by atoms with E-state index in [0.717, 1.165) is 17.8 Å². The molecule has 1 aromatic heterocycles. The first-order valence-corrected chi connectivity index (χ1v) is 6.74. The molecule has 3 rings (SSSR count). The molecule has 2 aliphatic carbocycles. The third kappa shape index (κ3) is 1.11. The van der Waals surface area contributed by atoms with Crippen molar-refractivity contribution in [1.82, 2.24) is 0 Å². The SMILES string of the molecule is CCC(C)c1cc2c(s1)C1CCC2C1. The highest BCUT2D eigenvalue weighted by Crippen LogP contribution is 2.56. The van der Waals surface area contributed by atoms with Crippen molar-refractivity contribution in [3.63, 3.8) is 0 Å². The topological polar surface area (TPSA) is 0 Å². The van der Waals surface area contributed by atoms with E-state index in [1.54, 1.807) is 15.3 Å². The van der Waals surface area contributed by atoms with Gasteiger partial charge >= 0.3 is 0 Å². The maximum absolute atomic E-state index is 2.53. The number of hydrogen-bond acceptors (Lipinski definition) is 1. The number of rotatable bonds is 2. The first kappa shape index (κ1) is 8.96. The highest BCUT2D eigenvalue weighted by molar-refractivity contribution is 7.12. The van der Waals surface area contributed by atoms with Crippen LogP contribution in [0.4, 0.5) is 0 Å². The summed E-state index contributed by atoms with van der Waals surface area (Å²) in [6, 6.07) is 2.53. The van der Waals surface area contributed by atoms with Gasteiger partial charge in [0.1, 0.15) is 0 Å². The van der Waals surface area contributed by atoms with Crippen molar-refractivity contribution in [3.8, 4) is 0 Å². The Hall–Kier alpha value is -0.300. The fraction of sp³-hybridized carbons (Fsp3) is 0.692. The zero-order valence-corrected chi connectivity index (χ0v) is 9.86. The summed E-state index contributed by atoms with van der Waals surface area (Å²) in [5.41, 5.74) is 1.74. The lowest BCUT2D eigenvalue weighted by molar-refractivity contribution is 0.722. The van der Waals surface area contributed by atoms with E-state index in [0.29, 0.717) is 0 Å². The summed E-state index contributed by atoms with van der Waals surface area (Å²) < 4.78 is 0. The molecule has 1 heterocycles. The van der Waals surface area contributed by atoms with E-state index < -0.39 is 0 Å². The van der Waals surface area contributed by atoms with Crippen LogP contribution in [-0.4, -0.2) is 0 Å². The highest BCUT2D eigenvalue weighted by atomic mass is 32.1. The molecule has 2 aliphatic rings. The molecule has 1 saturated carbocycles. The number of hydrogen-bond donors (Lipinski definition) is 0. The molecule has 2 bridgehead atoms. The molecule has 0 aromatic carbocycles. The van der Waals surface area contributed by atoms with Gasteiger partial charge < -0.3 is 0 Å². The van der Waals surface area contributed by atoms with E-state index in [9.17, 15) is 0 Å². The minimum absolute atomic E-state index is 0.782. The van der Waals surface area contributed by atoms with E-state index >= 15 is 0 Å². The molecule has 0 radical (unpaired) electrons. The van der Waals surface area contributed by atoms with Gasteiger partial charge in [-0.05, 0) is 55.1 Å². The molecule has 1 fully saturated rings. The summed E-state index contributed by atoms with van der Waals surface area (Å²) in [5, 5.41) is 0. The van der Waals surface area contributed by atoms with Crippen LogP contribution in [0.25, 0.3) is 0 Å². The maximum atomic E-state index is 2.53. The fourth-order valence-electron chi connectivity index (χ4n) is 3.02. The van der Waals surface area contributed by atoms with Gasteiger partial charge in [-0.2, -0.15) is 0 Å². The first-order valence-electron chi connectivity index (χ1n) is 5.93. The van der Waals surface area contributed by atoms with Crippen molar-refractivity contribution >= 4 is 11.3 Å². The lowest BCUT2D eigenvalue weighted by atomic mass is 9.97. The largest absolute Gasteiger partial charge is 0.145 e. The molecule has 1 aromatic rings. The first-order chi connectivity index (χ1) is 6.79. The Bertz CT molecular complexity index is 323. The van der Waals surface area contributed by atoms with Crippen molar-refractivity contribution < 1.29 is 0 Å². The summed E-state index contributed by atoms with van der Waals surface area (Å²) in [6.45, 7) is 4.66. The normalized spacial score (nSPS) is 30.7. The van der Waals surface area contributed by atoms with Crippen LogP contribution >= 0.6 is 11.3 Å². The molecule has 0 amide bonds. The van der Waals surface area contributed by atoms with E-state index in [1.165, 1.54) is 25.7 Å². The Morgan fingerprint density at radius 1 is 1.43 bits per heavy atom. The van der Waals surface area contributed by atoms with Crippen molar-refractivity contribution in [2.75, 3.05) is 0 Å². The molecule has 0 nitrogen and oxygen atoms in total. The van der Waals surface area contributed by atoms with Gasteiger partial charge in [-0.25, -0.2) is 0 Å². The smallest absolute Gasteiger partial charge is 0.0114 e. The van der Waals surface area contributed by atoms with E-state index in [2.05, 4.69) is 31.3 Å². The third-order valence-electron chi connectivity index (χ3n) is 4.15. The van der Waals surface area contributed by atoms with Gasteiger partial charge in [0.25, 0.3) is 0 Å². The predicted molar refractivity (Wildman–Crippen MR) is 62.4 cm³/mol. The van der Waals surface area contributed by atoms with Gasteiger partial charge in [0, 0.05) is 9.75 Å². The van der Waals surface area contributed by atoms with Crippen LogP contribution in [0.5, 0.6) is 0 Å². The molecular formula is C13H18S. The number of fused-ring (bicyclic) bond motifs is 5. The average Bonchev–Trinajstić information content (AvgIpc) is 2.87. The molecule has 76 valence electrons. The molecule has 0 saturated heterocycles. The van der Waals surface area contributed by atoms with Crippen LogP contribution in [0.2, 0.25) is 0 Å². The van der Waals surface area contributed by atoms with E-state index in [1.807, 2.05) is 0 Å². The van der Waals surface area contributed by atoms with Gasteiger partial charge in [0.15, 0.2) is 0 Å². The summed E-state index contributed by atoms with van der Waals surface area (Å²) in [6.07, 6.45) is 5.70. The van der Waals surface area contributed by atoms with Crippen molar-refractivity contribution in [3.05, 3.63) is 21.4 Å². The van der Waals surface area contributed by atoms with Gasteiger partial charge in [-0.3, -0.25) is 0 Å². The quantitative estimate of drug-likeness (QED) is 0.662. The lowest BCUT2D eigenvalue weighted by Crippen LogP contribution is -1.91. The predicted octanol–water partition coefficient (Wildman–Crippen LogP) is 4.63. The third-order valence-corrected chi connectivity index (χ3v) is 5.70. The van der Waals surface area contributed by atoms with Gasteiger partial charge in [-0.1, -0.05) is 13.8 Å². The Kier molecular flexibility index (Phi) is 1.98. The second-order valence-corrected chi connectivity index (χ2v) is 6.10. The van der Waals surface area contributed by atoms with Crippen LogP contribution < -0.4 is 0 Å². The molecule has 3 atom stereocenters. The van der Waals surface area contributed by atoms with Crippen LogP contribution in [0.1, 0.15) is 72.6 Å². The van der Waals surface area contributed by atoms with Crippen molar-refractivity contribution in [2.24, 2.45) is 0 Å². The fourth-order valence-corrected chi connectivity index (χ4v) is 4.56. The maximum Gasteiger partial charge on any atom is 0.0114 e. The standard InChI is InChI=1S/C13H18S/c1-3-8(2)12-7-11-9-4-5-10(6-9)13(11)14-12/h7-10H,3-6H2,1-2H3. The summed E-state index contributed by atoms with van der Waals surface area (Å²) in [5.74, 6) is 2.69. The highest BCUT2D eigenvalue weighted by Gasteiger charge is 2.38. The van der Waals surface area contributed by atoms with Crippen molar-refractivity contribution in [1.29, 1.82) is 0 Å². The second kappa shape index (κ2) is 3.10. The summed E-state index contributed by atoms with van der Waals surface area (Å²) in [7, 11) is 0. The molecule has 0 aliphatic heterocycles.